The maximum atomic E-state index is 13.3. The number of anilines is 1. The average molecular weight is 453 g/mol. The average Bonchev–Trinajstić information content (AvgIpc) is 3.06. The first-order chi connectivity index (χ1) is 15.7. The summed E-state index contributed by atoms with van der Waals surface area (Å²) in [4.78, 5) is 34.8. The summed E-state index contributed by atoms with van der Waals surface area (Å²) in [6.45, 7) is 12.1. The predicted octanol–water partition coefficient (Wildman–Crippen LogP) is 2.36. The summed E-state index contributed by atoms with van der Waals surface area (Å²) >= 11 is 0. The molecule has 33 heavy (non-hydrogen) atoms. The van der Waals surface area contributed by atoms with Gasteiger partial charge in [0.2, 0.25) is 5.95 Å². The zero-order valence-electron chi connectivity index (χ0n) is 20.3. The van der Waals surface area contributed by atoms with E-state index < -0.39 is 0 Å². The lowest BCUT2D eigenvalue weighted by Crippen LogP contribution is -2.51. The Balaban J connectivity index is 1.50. The Morgan fingerprint density at radius 1 is 1.09 bits per heavy atom. The molecule has 176 valence electrons. The largest absolute Gasteiger partial charge is 0.483 e. The quantitative estimate of drug-likeness (QED) is 0.591. The Labute approximate surface area is 193 Å². The second kappa shape index (κ2) is 8.88. The maximum absolute atomic E-state index is 13.3. The van der Waals surface area contributed by atoms with Crippen LogP contribution in [0.2, 0.25) is 0 Å². The third-order valence-electron chi connectivity index (χ3n) is 6.22. The Hall–Kier alpha value is -3.36. The highest BCUT2D eigenvalue weighted by Crippen LogP contribution is 2.23. The fourth-order valence-corrected chi connectivity index (χ4v) is 4.48. The van der Waals surface area contributed by atoms with E-state index in [0.717, 1.165) is 22.6 Å². The van der Waals surface area contributed by atoms with Crippen LogP contribution in [0.25, 0.3) is 11.0 Å². The molecular formula is C24H32N6O3. The summed E-state index contributed by atoms with van der Waals surface area (Å²) in [5, 5.41) is 4.39. The molecule has 0 bridgehead atoms. The first kappa shape index (κ1) is 22.8. The number of piperazine rings is 1. The smallest absolute Gasteiger partial charge is 0.281 e. The van der Waals surface area contributed by atoms with Crippen LogP contribution >= 0.6 is 0 Å². The van der Waals surface area contributed by atoms with E-state index in [9.17, 15) is 9.59 Å². The third kappa shape index (κ3) is 4.19. The normalized spacial score (nSPS) is 14.4. The summed E-state index contributed by atoms with van der Waals surface area (Å²) in [7, 11) is 1.77. The highest BCUT2D eigenvalue weighted by molar-refractivity contribution is 5.79. The molecule has 2 aromatic heterocycles. The number of hydrogen-bond acceptors (Lipinski definition) is 6. The van der Waals surface area contributed by atoms with Crippen molar-refractivity contribution in [1.29, 1.82) is 0 Å². The van der Waals surface area contributed by atoms with Crippen molar-refractivity contribution in [2.75, 3.05) is 37.7 Å². The van der Waals surface area contributed by atoms with E-state index in [1.54, 1.807) is 16.3 Å². The predicted molar refractivity (Wildman–Crippen MR) is 128 cm³/mol. The molecular weight excluding hydrogens is 420 g/mol. The fraction of sp³-hybridized carbons (Fsp3) is 0.500. The number of rotatable bonds is 5. The molecule has 0 aliphatic carbocycles. The highest BCUT2D eigenvalue weighted by Gasteiger charge is 2.27. The van der Waals surface area contributed by atoms with Gasteiger partial charge in [0.25, 0.3) is 11.5 Å². The molecule has 0 unspecified atom stereocenters. The van der Waals surface area contributed by atoms with Crippen molar-refractivity contribution in [2.24, 2.45) is 7.05 Å². The van der Waals surface area contributed by atoms with Gasteiger partial charge in [-0.05, 0) is 45.7 Å². The van der Waals surface area contributed by atoms with Crippen molar-refractivity contribution in [2.45, 2.75) is 40.7 Å². The van der Waals surface area contributed by atoms with Crippen molar-refractivity contribution in [3.63, 3.8) is 0 Å². The van der Waals surface area contributed by atoms with Crippen molar-refractivity contribution >= 4 is 22.9 Å². The van der Waals surface area contributed by atoms with Crippen LogP contribution < -0.4 is 15.2 Å². The maximum Gasteiger partial charge on any atom is 0.281 e. The van der Waals surface area contributed by atoms with E-state index in [1.165, 1.54) is 0 Å². The van der Waals surface area contributed by atoms with Gasteiger partial charge in [0.1, 0.15) is 11.3 Å². The van der Waals surface area contributed by atoms with Crippen LogP contribution in [0.15, 0.2) is 23.0 Å². The monoisotopic (exact) mass is 452 g/mol. The molecule has 0 atom stereocenters. The number of hydrogen-bond donors (Lipinski definition) is 0. The van der Waals surface area contributed by atoms with E-state index >= 15 is 0 Å². The van der Waals surface area contributed by atoms with Crippen molar-refractivity contribution in [3.05, 3.63) is 45.4 Å². The van der Waals surface area contributed by atoms with E-state index in [1.807, 2.05) is 57.7 Å². The summed E-state index contributed by atoms with van der Waals surface area (Å²) in [5.41, 5.74) is 3.84. The number of amides is 1. The highest BCUT2D eigenvalue weighted by atomic mass is 16.5. The van der Waals surface area contributed by atoms with Gasteiger partial charge in [0.05, 0.1) is 5.69 Å². The molecule has 3 aromatic rings. The van der Waals surface area contributed by atoms with Gasteiger partial charge in [-0.25, -0.2) is 4.98 Å². The first-order valence-electron chi connectivity index (χ1n) is 11.4. The Morgan fingerprint density at radius 3 is 2.33 bits per heavy atom. The summed E-state index contributed by atoms with van der Waals surface area (Å²) < 4.78 is 9.19. The van der Waals surface area contributed by atoms with Gasteiger partial charge >= 0.3 is 0 Å². The van der Waals surface area contributed by atoms with Gasteiger partial charge < -0.3 is 14.5 Å². The number of aromatic nitrogens is 4. The third-order valence-corrected chi connectivity index (χ3v) is 6.22. The molecule has 1 fully saturated rings. The van der Waals surface area contributed by atoms with Crippen LogP contribution in [0, 0.1) is 20.8 Å². The summed E-state index contributed by atoms with van der Waals surface area (Å²) in [5.74, 6) is 1.37. The van der Waals surface area contributed by atoms with E-state index in [-0.39, 0.29) is 24.1 Å². The lowest BCUT2D eigenvalue weighted by molar-refractivity contribution is -0.133. The summed E-state index contributed by atoms with van der Waals surface area (Å²) in [6, 6.07) is 5.89. The minimum atomic E-state index is -0.0893. The van der Waals surface area contributed by atoms with E-state index in [0.29, 0.717) is 43.2 Å². The Bertz CT molecular complexity index is 1230. The molecule has 1 aromatic carbocycles. The zero-order valence-corrected chi connectivity index (χ0v) is 20.3. The van der Waals surface area contributed by atoms with Crippen LogP contribution in [0.4, 0.5) is 5.95 Å². The van der Waals surface area contributed by atoms with Gasteiger partial charge in [0, 0.05) is 39.3 Å². The molecule has 9 heteroatoms. The lowest BCUT2D eigenvalue weighted by atomic mass is 10.1. The molecule has 0 saturated carbocycles. The van der Waals surface area contributed by atoms with Gasteiger partial charge in [-0.2, -0.15) is 5.10 Å². The molecule has 1 aliphatic rings. The topological polar surface area (TPSA) is 85.5 Å². The number of ether oxygens (including phenoxy) is 1. The van der Waals surface area contributed by atoms with Crippen LogP contribution in [-0.4, -0.2) is 62.9 Å². The van der Waals surface area contributed by atoms with Crippen LogP contribution in [0.3, 0.4) is 0 Å². The van der Waals surface area contributed by atoms with Crippen molar-refractivity contribution in [1.82, 2.24) is 24.2 Å². The Kier molecular flexibility index (Phi) is 6.14. The molecule has 0 radical (unpaired) electrons. The van der Waals surface area contributed by atoms with Gasteiger partial charge in [0.15, 0.2) is 12.1 Å². The molecule has 0 N–H and O–H groups in total. The number of carbonyl (C=O) groups is 1. The van der Waals surface area contributed by atoms with Crippen molar-refractivity contribution in [3.8, 4) is 5.75 Å². The Morgan fingerprint density at radius 2 is 1.73 bits per heavy atom. The zero-order chi connectivity index (χ0) is 23.9. The van der Waals surface area contributed by atoms with E-state index in [4.69, 9.17) is 9.72 Å². The lowest BCUT2D eigenvalue weighted by Gasteiger charge is -2.36. The standard InChI is InChI=1S/C24H32N6O3/c1-15(2)30-23(32)21-20(18(5)26-27(21)6)25-24(30)29-12-10-28(11-13-29)19(31)14-33-22-16(3)8-7-9-17(22)4/h7-9,15H,10-14H2,1-6H3. The van der Waals surface area contributed by atoms with Crippen LogP contribution in [-0.2, 0) is 11.8 Å². The number of para-hydroxylation sites is 1. The molecule has 9 nitrogen and oxygen atoms in total. The van der Waals surface area contributed by atoms with Crippen LogP contribution in [0.5, 0.6) is 5.75 Å². The number of aryl methyl sites for hydroxylation is 4. The number of fused-ring (bicyclic) bond motifs is 1. The van der Waals surface area contributed by atoms with Gasteiger partial charge in [-0.15, -0.1) is 0 Å². The van der Waals surface area contributed by atoms with Gasteiger partial charge in [-0.1, -0.05) is 18.2 Å². The number of nitrogens with zero attached hydrogens (tertiary/aromatic N) is 6. The molecule has 1 aliphatic heterocycles. The second-order valence-electron chi connectivity index (χ2n) is 8.96. The molecule has 1 amide bonds. The minimum Gasteiger partial charge on any atom is -0.483 e. The molecule has 4 rings (SSSR count). The minimum absolute atomic E-state index is 0.0154. The fourth-order valence-electron chi connectivity index (χ4n) is 4.48. The second-order valence-corrected chi connectivity index (χ2v) is 8.96. The van der Waals surface area contributed by atoms with E-state index in [2.05, 4.69) is 10.00 Å². The van der Waals surface area contributed by atoms with Crippen LogP contribution in [0.1, 0.15) is 36.7 Å². The number of benzene rings is 1. The molecule has 3 heterocycles. The molecule has 0 spiro atoms. The molecule has 1 saturated heterocycles. The van der Waals surface area contributed by atoms with Gasteiger partial charge in [-0.3, -0.25) is 18.8 Å². The first-order valence-corrected chi connectivity index (χ1v) is 11.4. The number of carbonyl (C=O) groups excluding carboxylic acids is 1. The van der Waals surface area contributed by atoms with Crippen molar-refractivity contribution < 1.29 is 9.53 Å². The summed E-state index contributed by atoms with van der Waals surface area (Å²) in [6.07, 6.45) is 0. The SMILES string of the molecule is Cc1cccc(C)c1OCC(=O)N1CCN(c2nc3c(C)nn(C)c3c(=O)n2C(C)C)CC1.